The van der Waals surface area contributed by atoms with Crippen molar-refractivity contribution in [3.8, 4) is 17.9 Å². The van der Waals surface area contributed by atoms with Gasteiger partial charge >= 0.3 is 12.1 Å². The average molecular weight is 450 g/mol. The van der Waals surface area contributed by atoms with Crippen molar-refractivity contribution >= 4 is 29.3 Å². The predicted molar refractivity (Wildman–Crippen MR) is 126 cm³/mol. The summed E-state index contributed by atoms with van der Waals surface area (Å²) in [5.74, 6) is 0.835. The van der Waals surface area contributed by atoms with E-state index in [4.69, 9.17) is 15.3 Å². The number of nitrogens with zero attached hydrogens (tertiary/aromatic N) is 4. The molecule has 0 radical (unpaired) electrons. The summed E-state index contributed by atoms with van der Waals surface area (Å²) in [6.07, 6.45) is -0.668. The summed E-state index contributed by atoms with van der Waals surface area (Å²) in [6.45, 7) is 0.907. The number of amidine groups is 1. The number of rotatable bonds is 4. The van der Waals surface area contributed by atoms with Crippen LogP contribution in [0.3, 0.4) is 0 Å². The number of aliphatic imine (C=N–C) groups is 1. The number of carbonyl (C=O) groups is 2. The smallest absolute Gasteiger partial charge is 0.410 e. The van der Waals surface area contributed by atoms with Crippen molar-refractivity contribution < 1.29 is 14.3 Å². The summed E-state index contributed by atoms with van der Waals surface area (Å²) in [7, 11) is 0. The number of amides is 3. The fraction of sp³-hybridized carbons (Fsp3) is 0.0800. The highest BCUT2D eigenvalue weighted by Gasteiger charge is 2.25. The number of ether oxygens (including phenoxy) is 1. The van der Waals surface area contributed by atoms with Crippen LogP contribution in [0.4, 0.5) is 21.0 Å². The molecule has 1 heterocycles. The third-order valence-corrected chi connectivity index (χ3v) is 4.93. The Morgan fingerprint density at radius 3 is 1.94 bits per heavy atom. The maximum absolute atomic E-state index is 12.8. The van der Waals surface area contributed by atoms with Crippen LogP contribution in [-0.2, 0) is 0 Å². The van der Waals surface area contributed by atoms with Crippen molar-refractivity contribution in [1.82, 2.24) is 4.90 Å². The van der Waals surface area contributed by atoms with E-state index in [1.165, 1.54) is 4.90 Å². The van der Waals surface area contributed by atoms with Crippen LogP contribution in [-0.4, -0.2) is 35.9 Å². The van der Waals surface area contributed by atoms with Crippen molar-refractivity contribution in [2.75, 3.05) is 23.7 Å². The Morgan fingerprint density at radius 2 is 1.38 bits per heavy atom. The fourth-order valence-corrected chi connectivity index (χ4v) is 3.26. The number of urea groups is 1. The third kappa shape index (κ3) is 5.18. The summed E-state index contributed by atoms with van der Waals surface area (Å²) >= 11 is 0. The topological polar surface area (TPSA) is 131 Å². The largest absolute Gasteiger partial charge is 0.417 e. The average Bonchev–Trinajstić information content (AvgIpc) is 3.36. The molecule has 0 saturated carbocycles. The third-order valence-electron chi connectivity index (χ3n) is 4.93. The zero-order valence-electron chi connectivity index (χ0n) is 17.9. The number of benzene rings is 3. The fourth-order valence-electron chi connectivity index (χ4n) is 3.26. The van der Waals surface area contributed by atoms with E-state index in [0.717, 1.165) is 0 Å². The Hall–Kier alpha value is -5.15. The summed E-state index contributed by atoms with van der Waals surface area (Å²) in [5.41, 5.74) is 2.78. The zero-order chi connectivity index (χ0) is 23.9. The monoisotopic (exact) mass is 450 g/mol. The first-order chi connectivity index (χ1) is 16.6. The quantitative estimate of drug-likeness (QED) is 0.611. The molecule has 2 N–H and O–H groups in total. The van der Waals surface area contributed by atoms with Crippen LogP contribution in [0.2, 0.25) is 0 Å². The highest BCUT2D eigenvalue weighted by atomic mass is 16.6. The maximum Gasteiger partial charge on any atom is 0.417 e. The van der Waals surface area contributed by atoms with Gasteiger partial charge in [-0.1, -0.05) is 0 Å². The Bertz CT molecular complexity index is 1320. The molecule has 1 aliphatic heterocycles. The van der Waals surface area contributed by atoms with E-state index in [0.29, 0.717) is 52.7 Å². The van der Waals surface area contributed by atoms with Crippen molar-refractivity contribution in [3.05, 3.63) is 89.5 Å². The van der Waals surface area contributed by atoms with E-state index in [1.807, 2.05) is 12.1 Å². The first-order valence-corrected chi connectivity index (χ1v) is 10.3. The first kappa shape index (κ1) is 22.1. The number of anilines is 2. The molecule has 0 fully saturated rings. The van der Waals surface area contributed by atoms with Gasteiger partial charge in [0.1, 0.15) is 11.6 Å². The first-order valence-electron chi connectivity index (χ1n) is 10.3. The molecule has 0 saturated heterocycles. The molecule has 0 bridgehead atoms. The molecule has 0 unspecified atom stereocenters. The SMILES string of the molecule is N#Cc1ccc(NC(=O)Oc2ccc(C3=NCCN3C(=O)Nc3ccc(C#N)cc3)cc2)cc1. The highest BCUT2D eigenvalue weighted by molar-refractivity contribution is 6.11. The maximum atomic E-state index is 12.8. The molecule has 166 valence electrons. The van der Waals surface area contributed by atoms with Crippen molar-refractivity contribution in [2.24, 2.45) is 4.99 Å². The van der Waals surface area contributed by atoms with Gasteiger partial charge in [0.15, 0.2) is 0 Å². The van der Waals surface area contributed by atoms with Crippen LogP contribution in [0.15, 0.2) is 77.8 Å². The summed E-state index contributed by atoms with van der Waals surface area (Å²) in [4.78, 5) is 30.9. The number of nitriles is 2. The minimum atomic E-state index is -0.668. The Balaban J connectivity index is 1.37. The van der Waals surface area contributed by atoms with E-state index in [9.17, 15) is 9.59 Å². The van der Waals surface area contributed by atoms with Gasteiger partial charge in [-0.25, -0.2) is 9.59 Å². The lowest BCUT2D eigenvalue weighted by Gasteiger charge is -2.19. The minimum absolute atomic E-state index is 0.321. The van der Waals surface area contributed by atoms with Gasteiger partial charge in [-0.05, 0) is 72.8 Å². The molecule has 0 spiro atoms. The molecule has 9 heteroatoms. The number of hydrogen-bond donors (Lipinski definition) is 2. The van der Waals surface area contributed by atoms with Crippen LogP contribution in [0.1, 0.15) is 16.7 Å². The summed E-state index contributed by atoms with van der Waals surface area (Å²) < 4.78 is 5.29. The van der Waals surface area contributed by atoms with Gasteiger partial charge in [-0.2, -0.15) is 10.5 Å². The molecular weight excluding hydrogens is 432 g/mol. The Labute approximate surface area is 195 Å². The van der Waals surface area contributed by atoms with Crippen LogP contribution in [0.5, 0.6) is 5.75 Å². The highest BCUT2D eigenvalue weighted by Crippen LogP contribution is 2.19. The molecule has 3 amide bonds. The molecule has 3 aromatic rings. The van der Waals surface area contributed by atoms with Crippen molar-refractivity contribution in [2.45, 2.75) is 0 Å². The van der Waals surface area contributed by atoms with E-state index in [-0.39, 0.29) is 6.03 Å². The number of carbonyl (C=O) groups excluding carboxylic acids is 2. The van der Waals surface area contributed by atoms with E-state index >= 15 is 0 Å². The van der Waals surface area contributed by atoms with Crippen molar-refractivity contribution in [3.63, 3.8) is 0 Å². The lowest BCUT2D eigenvalue weighted by Crippen LogP contribution is -2.38. The number of hydrogen-bond acceptors (Lipinski definition) is 6. The van der Waals surface area contributed by atoms with Gasteiger partial charge in [0.25, 0.3) is 0 Å². The van der Waals surface area contributed by atoms with Crippen LogP contribution >= 0.6 is 0 Å². The molecule has 34 heavy (non-hydrogen) atoms. The lowest BCUT2D eigenvalue weighted by molar-refractivity contribution is 0.215. The molecule has 0 aliphatic carbocycles. The van der Waals surface area contributed by atoms with E-state index in [2.05, 4.69) is 15.6 Å². The minimum Gasteiger partial charge on any atom is -0.410 e. The van der Waals surface area contributed by atoms with E-state index in [1.54, 1.807) is 72.8 Å². The second-order valence-electron chi connectivity index (χ2n) is 7.20. The predicted octanol–water partition coefficient (Wildman–Crippen LogP) is 4.34. The Kier molecular flexibility index (Phi) is 6.48. The Morgan fingerprint density at radius 1 is 0.824 bits per heavy atom. The molecule has 0 atom stereocenters. The van der Waals surface area contributed by atoms with Crippen LogP contribution < -0.4 is 15.4 Å². The number of nitrogens with one attached hydrogen (secondary N) is 2. The van der Waals surface area contributed by atoms with Gasteiger partial charge in [-0.15, -0.1) is 0 Å². The van der Waals surface area contributed by atoms with Gasteiger partial charge in [-0.3, -0.25) is 15.2 Å². The normalized spacial score (nSPS) is 12.2. The second-order valence-corrected chi connectivity index (χ2v) is 7.20. The molecule has 3 aromatic carbocycles. The summed E-state index contributed by atoms with van der Waals surface area (Å²) in [5, 5.41) is 23.1. The standard InChI is InChI=1S/C25H18N6O3/c26-15-17-1-7-20(8-2-17)29-24(32)31-14-13-28-23(31)19-5-11-22(12-6-19)34-25(33)30-21-9-3-18(16-27)4-10-21/h1-12H,13-14H2,(H,29,32)(H,30,33). The molecule has 9 nitrogen and oxygen atoms in total. The van der Waals surface area contributed by atoms with Crippen LogP contribution in [0.25, 0.3) is 0 Å². The van der Waals surface area contributed by atoms with Gasteiger partial charge in [0.2, 0.25) is 0 Å². The lowest BCUT2D eigenvalue weighted by atomic mass is 10.2. The van der Waals surface area contributed by atoms with Crippen LogP contribution in [0, 0.1) is 22.7 Å². The molecule has 4 rings (SSSR count). The van der Waals surface area contributed by atoms with Crippen molar-refractivity contribution in [1.29, 1.82) is 10.5 Å². The zero-order valence-corrected chi connectivity index (χ0v) is 17.9. The molecular formula is C25H18N6O3. The molecule has 0 aromatic heterocycles. The van der Waals surface area contributed by atoms with E-state index < -0.39 is 6.09 Å². The van der Waals surface area contributed by atoms with Gasteiger partial charge in [0.05, 0.1) is 29.8 Å². The molecule has 1 aliphatic rings. The second kappa shape index (κ2) is 9.98. The summed E-state index contributed by atoms with van der Waals surface area (Å²) in [6, 6.07) is 23.4. The van der Waals surface area contributed by atoms with Gasteiger partial charge in [0, 0.05) is 23.5 Å². The van der Waals surface area contributed by atoms with Gasteiger partial charge < -0.3 is 10.1 Å².